The third-order valence-electron chi connectivity index (χ3n) is 2.64. The van der Waals surface area contributed by atoms with Crippen LogP contribution in [0, 0.1) is 12.3 Å². The maximum absolute atomic E-state index is 5.34. The number of fused-ring (bicyclic) bond motifs is 5. The second-order valence-corrected chi connectivity index (χ2v) is 3.62. The lowest BCUT2D eigenvalue weighted by atomic mass is 10.2. The van der Waals surface area contributed by atoms with Crippen LogP contribution in [-0.4, -0.2) is 37.5 Å². The summed E-state index contributed by atoms with van der Waals surface area (Å²) in [6, 6.07) is 0. The summed E-state index contributed by atoms with van der Waals surface area (Å²) in [5.74, 6) is 3.19. The van der Waals surface area contributed by atoms with Crippen molar-refractivity contribution in [1.82, 2.24) is 30.9 Å². The molecule has 0 saturated heterocycles. The van der Waals surface area contributed by atoms with E-state index in [2.05, 4.69) is 36.9 Å². The lowest BCUT2D eigenvalue weighted by Crippen LogP contribution is -2.18. The van der Waals surface area contributed by atoms with Crippen molar-refractivity contribution in [2.45, 2.75) is 0 Å². The maximum atomic E-state index is 5.34. The van der Waals surface area contributed by atoms with Crippen molar-refractivity contribution < 1.29 is 13.9 Å². The Morgan fingerprint density at radius 3 is 1.79 bits per heavy atom. The van der Waals surface area contributed by atoms with Crippen molar-refractivity contribution in [3.63, 3.8) is 0 Å². The van der Waals surface area contributed by atoms with Gasteiger partial charge < -0.3 is 0 Å². The summed E-state index contributed by atoms with van der Waals surface area (Å²) < 4.78 is 14.1. The highest BCUT2D eigenvalue weighted by Gasteiger charge is 2.36. The van der Waals surface area contributed by atoms with Crippen LogP contribution in [0.2, 0.25) is 0 Å². The van der Waals surface area contributed by atoms with Gasteiger partial charge in [-0.1, -0.05) is 5.92 Å². The highest BCUT2D eigenvalue weighted by atomic mass is 16.6. The Balaban J connectivity index is 2.08. The van der Waals surface area contributed by atoms with Gasteiger partial charge in [0.15, 0.2) is 22.8 Å². The molecule has 0 N–H and O–H groups in total. The molecule has 0 bridgehead atoms. The number of terminal acetylenes is 1. The average Bonchev–Trinajstić information content (AvgIpc) is 3.13. The van der Waals surface area contributed by atoms with E-state index >= 15 is 0 Å². The molecule has 0 atom stereocenters. The van der Waals surface area contributed by atoms with Crippen LogP contribution in [0.25, 0.3) is 22.8 Å². The van der Waals surface area contributed by atoms with Gasteiger partial charge in [-0.2, -0.15) is 0 Å². The number of anilines is 2. The molecule has 10 heteroatoms. The molecule has 0 saturated carbocycles. The minimum atomic E-state index is 0.184. The second kappa shape index (κ2) is 3.39. The van der Waals surface area contributed by atoms with Crippen molar-refractivity contribution in [1.29, 1.82) is 0 Å². The third-order valence-corrected chi connectivity index (χ3v) is 2.64. The summed E-state index contributed by atoms with van der Waals surface area (Å²) in [7, 11) is 0. The molecule has 4 rings (SSSR count). The van der Waals surface area contributed by atoms with E-state index in [0.29, 0.717) is 34.4 Å². The summed E-state index contributed by atoms with van der Waals surface area (Å²) in [5, 5.41) is 22.7. The Labute approximate surface area is 104 Å². The first-order valence-corrected chi connectivity index (χ1v) is 5.09. The van der Waals surface area contributed by atoms with Crippen LogP contribution < -0.4 is 4.90 Å². The van der Waals surface area contributed by atoms with Gasteiger partial charge in [0.05, 0.1) is 6.54 Å². The predicted molar refractivity (Wildman–Crippen MR) is 56.7 cm³/mol. The van der Waals surface area contributed by atoms with Gasteiger partial charge in [-0.05, 0) is 30.9 Å². The molecular weight excluding hydrogens is 254 g/mol. The molecule has 1 aliphatic heterocycles. The normalized spacial score (nSPS) is 12.3. The number of hydrogen-bond acceptors (Lipinski definition) is 10. The van der Waals surface area contributed by atoms with E-state index in [4.69, 9.17) is 20.3 Å². The SMILES string of the molecule is C#CCN1c2nonc2-c2nonc2-c2nonc21. The van der Waals surface area contributed by atoms with Crippen molar-refractivity contribution >= 4 is 11.6 Å². The first-order chi connectivity index (χ1) is 9.40. The Hall–Kier alpha value is -3.22. The summed E-state index contributed by atoms with van der Waals surface area (Å²) >= 11 is 0. The molecule has 0 aromatic carbocycles. The predicted octanol–water partition coefficient (Wildman–Crippen LogP) is 0.254. The molecule has 0 fully saturated rings. The van der Waals surface area contributed by atoms with Crippen molar-refractivity contribution in [3.05, 3.63) is 0 Å². The second-order valence-electron chi connectivity index (χ2n) is 3.62. The van der Waals surface area contributed by atoms with Crippen molar-refractivity contribution in [3.8, 4) is 35.1 Å². The van der Waals surface area contributed by atoms with Crippen molar-refractivity contribution in [2.75, 3.05) is 11.4 Å². The van der Waals surface area contributed by atoms with Crippen LogP contribution in [0.3, 0.4) is 0 Å². The highest BCUT2D eigenvalue weighted by Crippen LogP contribution is 2.42. The monoisotopic (exact) mass is 257 g/mol. The lowest BCUT2D eigenvalue weighted by Gasteiger charge is -2.13. The molecule has 0 amide bonds. The van der Waals surface area contributed by atoms with Crippen LogP contribution in [0.1, 0.15) is 0 Å². The summed E-state index contributed by atoms with van der Waals surface area (Å²) in [6.45, 7) is 0.184. The van der Waals surface area contributed by atoms with E-state index < -0.39 is 0 Å². The quantitative estimate of drug-likeness (QED) is 0.561. The van der Waals surface area contributed by atoms with Gasteiger partial charge in [0, 0.05) is 0 Å². The molecule has 1 aliphatic rings. The number of hydrogen-bond donors (Lipinski definition) is 0. The van der Waals surface area contributed by atoms with E-state index in [1.807, 2.05) is 0 Å². The molecule has 92 valence electrons. The molecule has 3 aromatic rings. The van der Waals surface area contributed by atoms with Gasteiger partial charge in [-0.15, -0.1) is 6.42 Å². The maximum Gasteiger partial charge on any atom is 0.210 e. The lowest BCUT2D eigenvalue weighted by molar-refractivity contribution is 0.301. The fraction of sp³-hybridized carbons (Fsp3) is 0.111. The number of rotatable bonds is 1. The van der Waals surface area contributed by atoms with Gasteiger partial charge in [0.2, 0.25) is 11.6 Å². The Kier molecular flexibility index (Phi) is 1.74. The smallest absolute Gasteiger partial charge is 0.210 e. The fourth-order valence-electron chi connectivity index (χ4n) is 1.86. The first kappa shape index (κ1) is 9.77. The standard InChI is InChI=1S/C9H3N7O3/c1-2-3-16-8-6(12-18-14-8)4-5(11-17-10-4)7-9(16)15-19-13-7/h1H,3H2. The van der Waals surface area contributed by atoms with E-state index in [9.17, 15) is 0 Å². The van der Waals surface area contributed by atoms with Gasteiger partial charge in [-0.25, -0.2) is 13.9 Å². The third kappa shape index (κ3) is 1.15. The Bertz CT molecular complexity index is 738. The van der Waals surface area contributed by atoms with Crippen LogP contribution >= 0.6 is 0 Å². The van der Waals surface area contributed by atoms with Crippen LogP contribution in [0.4, 0.5) is 11.6 Å². The van der Waals surface area contributed by atoms with Gasteiger partial charge in [0.25, 0.3) is 0 Å². The minimum absolute atomic E-state index is 0.184. The number of aromatic nitrogens is 6. The molecule has 0 unspecified atom stereocenters. The van der Waals surface area contributed by atoms with Gasteiger partial charge in [0.1, 0.15) is 0 Å². The fourth-order valence-corrected chi connectivity index (χ4v) is 1.86. The molecule has 0 aliphatic carbocycles. The Morgan fingerprint density at radius 1 is 0.789 bits per heavy atom. The molecule has 0 spiro atoms. The van der Waals surface area contributed by atoms with E-state index in [-0.39, 0.29) is 6.54 Å². The zero-order chi connectivity index (χ0) is 12.8. The van der Waals surface area contributed by atoms with Crippen LogP contribution in [-0.2, 0) is 0 Å². The average molecular weight is 257 g/mol. The van der Waals surface area contributed by atoms with E-state index in [1.165, 1.54) is 0 Å². The molecule has 10 nitrogen and oxygen atoms in total. The summed E-state index contributed by atoms with van der Waals surface area (Å²) in [5.41, 5.74) is 1.39. The molecule has 0 radical (unpaired) electrons. The van der Waals surface area contributed by atoms with Crippen molar-refractivity contribution in [2.24, 2.45) is 0 Å². The molecule has 4 heterocycles. The summed E-state index contributed by atoms with van der Waals surface area (Å²) in [6.07, 6.45) is 5.34. The van der Waals surface area contributed by atoms with Crippen LogP contribution in [0.15, 0.2) is 13.9 Å². The van der Waals surface area contributed by atoms with Crippen LogP contribution in [0.5, 0.6) is 0 Å². The topological polar surface area (TPSA) is 120 Å². The largest absolute Gasteiger partial charge is 0.290 e. The van der Waals surface area contributed by atoms with Gasteiger partial charge >= 0.3 is 0 Å². The zero-order valence-corrected chi connectivity index (χ0v) is 9.14. The zero-order valence-electron chi connectivity index (χ0n) is 9.14. The first-order valence-electron chi connectivity index (χ1n) is 5.09. The summed E-state index contributed by atoms with van der Waals surface area (Å²) in [4.78, 5) is 1.57. The minimum Gasteiger partial charge on any atom is -0.290 e. The molecular formula is C9H3N7O3. The highest BCUT2D eigenvalue weighted by molar-refractivity contribution is 5.90. The Morgan fingerprint density at radius 2 is 1.26 bits per heavy atom. The molecule has 19 heavy (non-hydrogen) atoms. The van der Waals surface area contributed by atoms with E-state index in [0.717, 1.165) is 0 Å². The van der Waals surface area contributed by atoms with Gasteiger partial charge in [-0.3, -0.25) is 4.90 Å². The van der Waals surface area contributed by atoms with E-state index in [1.54, 1.807) is 4.90 Å². The molecule has 3 aromatic heterocycles. The number of nitrogens with zero attached hydrogens (tertiary/aromatic N) is 7.